The Hall–Kier alpha value is -1.40. The van der Waals surface area contributed by atoms with E-state index in [0.29, 0.717) is 19.4 Å². The first-order chi connectivity index (χ1) is 10.5. The minimum atomic E-state index is -2.91. The Labute approximate surface area is 135 Å². The monoisotopic (exact) mass is 333 g/mol. The molecule has 1 saturated carbocycles. The van der Waals surface area contributed by atoms with Gasteiger partial charge in [0, 0.05) is 25.9 Å². The van der Waals surface area contributed by atoms with Gasteiger partial charge in [-0.2, -0.15) is 0 Å². The molecule has 0 radical (unpaired) electrons. The lowest BCUT2D eigenvalue weighted by molar-refractivity contribution is -0.210. The summed E-state index contributed by atoms with van der Waals surface area (Å²) in [5.41, 5.74) is -1.57. The van der Waals surface area contributed by atoms with Gasteiger partial charge in [-0.25, -0.2) is 13.6 Å². The molecule has 1 atom stereocenters. The number of piperidine rings is 1. The molecule has 1 N–H and O–H groups in total. The molecule has 0 bridgehead atoms. The summed E-state index contributed by atoms with van der Waals surface area (Å²) in [6.07, 6.45) is -0.604. The van der Waals surface area contributed by atoms with Crippen LogP contribution < -0.4 is 0 Å². The molecule has 1 aliphatic heterocycles. The molecule has 2 aliphatic rings. The van der Waals surface area contributed by atoms with Crippen LogP contribution in [-0.2, 0) is 9.53 Å². The third-order valence-corrected chi connectivity index (χ3v) is 4.66. The Kier molecular flexibility index (Phi) is 4.61. The Bertz CT molecular complexity index is 479. The molecule has 5 nitrogen and oxygen atoms in total. The maximum Gasteiger partial charge on any atom is 0.409 e. The number of carboxylic acids is 1. The molecule has 132 valence electrons. The van der Waals surface area contributed by atoms with E-state index in [0.717, 1.165) is 0 Å². The Morgan fingerprint density at radius 2 is 1.91 bits per heavy atom. The molecule has 7 heteroatoms. The van der Waals surface area contributed by atoms with Crippen molar-refractivity contribution in [3.63, 3.8) is 0 Å². The van der Waals surface area contributed by atoms with E-state index < -0.39 is 42.2 Å². The average molecular weight is 333 g/mol. The van der Waals surface area contributed by atoms with Crippen molar-refractivity contribution in [1.82, 2.24) is 4.90 Å². The van der Waals surface area contributed by atoms with Gasteiger partial charge < -0.3 is 14.7 Å². The lowest BCUT2D eigenvalue weighted by Gasteiger charge is -2.51. The molecule has 0 aromatic rings. The van der Waals surface area contributed by atoms with Gasteiger partial charge in [-0.1, -0.05) is 20.8 Å². The molecule has 0 aromatic heterocycles. The van der Waals surface area contributed by atoms with Crippen molar-refractivity contribution in [2.45, 2.75) is 52.4 Å². The van der Waals surface area contributed by atoms with Crippen LogP contribution in [0.1, 0.15) is 46.5 Å². The van der Waals surface area contributed by atoms with Gasteiger partial charge in [0.05, 0.1) is 12.0 Å². The van der Waals surface area contributed by atoms with Gasteiger partial charge in [-0.05, 0) is 24.2 Å². The topological polar surface area (TPSA) is 66.8 Å². The zero-order valence-electron chi connectivity index (χ0n) is 13.9. The van der Waals surface area contributed by atoms with Gasteiger partial charge in [0.15, 0.2) is 0 Å². The number of aliphatic carboxylic acids is 1. The van der Waals surface area contributed by atoms with Crippen molar-refractivity contribution in [2.75, 3.05) is 19.7 Å². The fourth-order valence-electron chi connectivity index (χ4n) is 3.45. The lowest BCUT2D eigenvalue weighted by atomic mass is 9.57. The predicted molar refractivity (Wildman–Crippen MR) is 79.3 cm³/mol. The van der Waals surface area contributed by atoms with E-state index in [1.165, 1.54) is 4.90 Å². The second-order valence-corrected chi connectivity index (χ2v) is 8.07. The van der Waals surface area contributed by atoms with Crippen molar-refractivity contribution in [3.8, 4) is 0 Å². The van der Waals surface area contributed by atoms with E-state index in [4.69, 9.17) is 4.74 Å². The van der Waals surface area contributed by atoms with Crippen molar-refractivity contribution >= 4 is 12.1 Å². The first-order valence-corrected chi connectivity index (χ1v) is 7.98. The largest absolute Gasteiger partial charge is 0.481 e. The Balaban J connectivity index is 2.00. The van der Waals surface area contributed by atoms with Gasteiger partial charge in [-0.3, -0.25) is 4.79 Å². The fraction of sp³-hybridized carbons (Fsp3) is 0.875. The summed E-state index contributed by atoms with van der Waals surface area (Å²) >= 11 is 0. The van der Waals surface area contributed by atoms with E-state index >= 15 is 0 Å². The molecule has 1 unspecified atom stereocenters. The highest BCUT2D eigenvalue weighted by Gasteiger charge is 2.64. The number of amides is 1. The van der Waals surface area contributed by atoms with Crippen LogP contribution in [0.2, 0.25) is 0 Å². The third kappa shape index (κ3) is 3.93. The zero-order chi connectivity index (χ0) is 17.5. The molecule has 1 saturated heterocycles. The minimum absolute atomic E-state index is 0.164. The molecular weight excluding hydrogens is 308 g/mol. The van der Waals surface area contributed by atoms with Gasteiger partial charge in [-0.15, -0.1) is 0 Å². The number of halogens is 2. The number of likely N-dealkylation sites (tertiary alicyclic amines) is 1. The quantitative estimate of drug-likeness (QED) is 0.860. The fourth-order valence-corrected chi connectivity index (χ4v) is 3.45. The predicted octanol–water partition coefficient (Wildman–Crippen LogP) is 3.38. The van der Waals surface area contributed by atoms with Gasteiger partial charge >= 0.3 is 12.1 Å². The summed E-state index contributed by atoms with van der Waals surface area (Å²) in [5.74, 6) is -4.54. The summed E-state index contributed by atoms with van der Waals surface area (Å²) in [6.45, 7) is 6.73. The summed E-state index contributed by atoms with van der Waals surface area (Å²) in [7, 11) is 0. The van der Waals surface area contributed by atoms with Crippen LogP contribution >= 0.6 is 0 Å². The van der Waals surface area contributed by atoms with E-state index in [1.54, 1.807) is 0 Å². The van der Waals surface area contributed by atoms with E-state index in [9.17, 15) is 23.5 Å². The molecule has 2 fully saturated rings. The third-order valence-electron chi connectivity index (χ3n) is 4.66. The normalized spacial score (nSPS) is 26.3. The highest BCUT2D eigenvalue weighted by molar-refractivity contribution is 5.77. The first kappa shape index (κ1) is 17.9. The number of hydrogen-bond donors (Lipinski definition) is 1. The van der Waals surface area contributed by atoms with Gasteiger partial charge in [0.1, 0.15) is 0 Å². The Morgan fingerprint density at radius 1 is 1.30 bits per heavy atom. The number of carbonyl (C=O) groups is 2. The number of carbonyl (C=O) groups excluding carboxylic acids is 1. The van der Waals surface area contributed by atoms with Gasteiger partial charge in [0.25, 0.3) is 0 Å². The Morgan fingerprint density at radius 3 is 2.39 bits per heavy atom. The number of ether oxygens (including phenoxy) is 1. The van der Waals surface area contributed by atoms with E-state index in [-0.39, 0.29) is 18.6 Å². The number of carboxylic acid groups (broad SMARTS) is 1. The molecule has 2 rings (SSSR count). The number of alkyl halides is 2. The maximum atomic E-state index is 13.3. The van der Waals surface area contributed by atoms with Crippen molar-refractivity contribution in [1.29, 1.82) is 0 Å². The number of rotatable bonds is 3. The van der Waals surface area contributed by atoms with Crippen molar-refractivity contribution in [3.05, 3.63) is 0 Å². The smallest absolute Gasteiger partial charge is 0.409 e. The van der Waals surface area contributed by atoms with Crippen LogP contribution in [0.4, 0.5) is 13.6 Å². The van der Waals surface area contributed by atoms with Crippen LogP contribution in [-0.4, -0.2) is 47.7 Å². The van der Waals surface area contributed by atoms with E-state index in [2.05, 4.69) is 0 Å². The second-order valence-electron chi connectivity index (χ2n) is 8.07. The van der Waals surface area contributed by atoms with Crippen LogP contribution in [0.3, 0.4) is 0 Å². The molecular formula is C16H25F2NO4. The summed E-state index contributed by atoms with van der Waals surface area (Å²) in [5, 5.41) is 9.44. The van der Waals surface area contributed by atoms with Crippen molar-refractivity contribution < 1.29 is 28.2 Å². The number of hydrogen-bond acceptors (Lipinski definition) is 3. The molecule has 0 aromatic carbocycles. The van der Waals surface area contributed by atoms with Crippen molar-refractivity contribution in [2.24, 2.45) is 16.7 Å². The molecule has 0 spiro atoms. The van der Waals surface area contributed by atoms with Crippen LogP contribution in [0.15, 0.2) is 0 Å². The van der Waals surface area contributed by atoms with Crippen LogP contribution in [0.25, 0.3) is 0 Å². The summed E-state index contributed by atoms with van der Waals surface area (Å²) in [4.78, 5) is 25.1. The molecule has 1 aliphatic carbocycles. The molecule has 23 heavy (non-hydrogen) atoms. The minimum Gasteiger partial charge on any atom is -0.481 e. The first-order valence-electron chi connectivity index (χ1n) is 7.98. The van der Waals surface area contributed by atoms with Crippen LogP contribution in [0.5, 0.6) is 0 Å². The summed E-state index contributed by atoms with van der Waals surface area (Å²) < 4.78 is 31.8. The zero-order valence-corrected chi connectivity index (χ0v) is 13.9. The second kappa shape index (κ2) is 5.91. The van der Waals surface area contributed by atoms with Gasteiger partial charge in [0.2, 0.25) is 5.92 Å². The highest BCUT2D eigenvalue weighted by Crippen LogP contribution is 2.58. The van der Waals surface area contributed by atoms with E-state index in [1.807, 2.05) is 20.8 Å². The van der Waals surface area contributed by atoms with Crippen LogP contribution in [0, 0.1) is 16.7 Å². The highest BCUT2D eigenvalue weighted by atomic mass is 19.3. The number of nitrogens with zero attached hydrogens (tertiary/aromatic N) is 1. The SMILES string of the molecule is CC(C)(C)COC(=O)N1CCCC(C2(C(=O)O)CC(F)(F)C2)C1. The summed E-state index contributed by atoms with van der Waals surface area (Å²) in [6, 6.07) is 0. The maximum absolute atomic E-state index is 13.3. The average Bonchev–Trinajstić information content (AvgIpc) is 2.40. The molecule has 1 heterocycles. The lowest BCUT2D eigenvalue weighted by Crippen LogP contribution is -2.59. The molecule has 1 amide bonds. The standard InChI is InChI=1S/C16H25F2NO4/c1-14(2,3)10-23-13(22)19-6-4-5-11(7-19)15(12(20)21)8-16(17,18)9-15/h11H,4-10H2,1-3H3,(H,20,21).